The average molecular weight is 194 g/mol. The van der Waals surface area contributed by atoms with E-state index in [0.717, 1.165) is 25.9 Å². The molecule has 0 aromatic heterocycles. The Balaban J connectivity index is 2.17. The summed E-state index contributed by atoms with van der Waals surface area (Å²) in [6, 6.07) is 0. The fraction of sp³-hybridized carbons (Fsp3) is 0.857. The maximum Gasteiger partial charge on any atom is 0.232 e. The van der Waals surface area contributed by atoms with Gasteiger partial charge in [0.05, 0.1) is 11.0 Å². The summed E-state index contributed by atoms with van der Waals surface area (Å²) in [7, 11) is 0. The number of halogens is 1. The lowest BCUT2D eigenvalue weighted by atomic mass is 10.4. The van der Waals surface area contributed by atoms with Crippen molar-refractivity contribution in [1.82, 2.24) is 4.90 Å². The monoisotopic (exact) mass is 193 g/mol. The SMILES string of the molecule is O=C(CSCCl)N1CCCC1. The van der Waals surface area contributed by atoms with Crippen LogP contribution in [-0.2, 0) is 4.79 Å². The zero-order chi connectivity index (χ0) is 8.10. The molecule has 0 aromatic rings. The van der Waals surface area contributed by atoms with E-state index >= 15 is 0 Å². The van der Waals surface area contributed by atoms with E-state index in [4.69, 9.17) is 11.6 Å². The van der Waals surface area contributed by atoms with E-state index in [0.29, 0.717) is 11.0 Å². The Bertz CT molecular complexity index is 136. The number of hydrogen-bond donors (Lipinski definition) is 0. The Kier molecular flexibility index (Phi) is 4.08. The van der Waals surface area contributed by atoms with Gasteiger partial charge in [0.15, 0.2) is 0 Å². The van der Waals surface area contributed by atoms with Gasteiger partial charge in [-0.1, -0.05) is 0 Å². The quantitative estimate of drug-likeness (QED) is 0.634. The van der Waals surface area contributed by atoms with Crippen LogP contribution in [0.25, 0.3) is 0 Å². The van der Waals surface area contributed by atoms with Crippen LogP contribution in [0, 0.1) is 0 Å². The van der Waals surface area contributed by atoms with Crippen molar-refractivity contribution in [3.8, 4) is 0 Å². The number of alkyl halides is 1. The summed E-state index contributed by atoms with van der Waals surface area (Å²) in [5, 5.41) is 0.513. The fourth-order valence-electron chi connectivity index (χ4n) is 1.18. The molecule has 1 rings (SSSR count). The van der Waals surface area contributed by atoms with Gasteiger partial charge in [0.25, 0.3) is 0 Å². The van der Waals surface area contributed by atoms with Crippen LogP contribution in [0.2, 0.25) is 0 Å². The van der Waals surface area contributed by atoms with E-state index in [2.05, 4.69) is 0 Å². The smallest absolute Gasteiger partial charge is 0.232 e. The molecule has 1 fully saturated rings. The highest BCUT2D eigenvalue weighted by Crippen LogP contribution is 2.10. The van der Waals surface area contributed by atoms with Gasteiger partial charge in [-0.2, -0.15) is 0 Å². The lowest BCUT2D eigenvalue weighted by Gasteiger charge is -2.13. The summed E-state index contributed by atoms with van der Waals surface area (Å²) < 4.78 is 0. The van der Waals surface area contributed by atoms with Crippen molar-refractivity contribution < 1.29 is 4.79 Å². The molecule has 1 aliphatic heterocycles. The molecule has 4 heteroatoms. The van der Waals surface area contributed by atoms with Crippen molar-refractivity contribution in [2.24, 2.45) is 0 Å². The second-order valence-electron chi connectivity index (χ2n) is 2.55. The lowest BCUT2D eigenvalue weighted by Crippen LogP contribution is -2.29. The highest BCUT2D eigenvalue weighted by molar-refractivity contribution is 8.00. The Morgan fingerprint density at radius 3 is 2.64 bits per heavy atom. The molecule has 11 heavy (non-hydrogen) atoms. The maximum absolute atomic E-state index is 11.3. The molecule has 0 spiro atoms. The predicted octanol–water partition coefficient (Wildman–Crippen LogP) is 1.54. The van der Waals surface area contributed by atoms with E-state index in [-0.39, 0.29) is 5.91 Å². The minimum Gasteiger partial charge on any atom is -0.342 e. The van der Waals surface area contributed by atoms with Gasteiger partial charge in [0.2, 0.25) is 5.91 Å². The van der Waals surface area contributed by atoms with Gasteiger partial charge < -0.3 is 4.90 Å². The summed E-state index contributed by atoms with van der Waals surface area (Å²) >= 11 is 6.92. The van der Waals surface area contributed by atoms with Crippen LogP contribution in [0.4, 0.5) is 0 Å². The van der Waals surface area contributed by atoms with Crippen LogP contribution in [0.15, 0.2) is 0 Å². The highest BCUT2D eigenvalue weighted by Gasteiger charge is 2.16. The molecular formula is C7H12ClNOS. The van der Waals surface area contributed by atoms with Gasteiger partial charge >= 0.3 is 0 Å². The number of hydrogen-bond acceptors (Lipinski definition) is 2. The Hall–Kier alpha value is 0.110. The van der Waals surface area contributed by atoms with Crippen molar-refractivity contribution in [2.45, 2.75) is 12.8 Å². The third kappa shape index (κ3) is 2.91. The molecule has 0 unspecified atom stereocenters. The molecule has 1 saturated heterocycles. The largest absolute Gasteiger partial charge is 0.342 e. The molecular weight excluding hydrogens is 182 g/mol. The molecule has 0 aliphatic carbocycles. The first kappa shape index (κ1) is 9.20. The Morgan fingerprint density at radius 2 is 2.09 bits per heavy atom. The van der Waals surface area contributed by atoms with Crippen molar-refractivity contribution >= 4 is 29.3 Å². The molecule has 64 valence electrons. The minimum atomic E-state index is 0.244. The van der Waals surface area contributed by atoms with Crippen molar-refractivity contribution in [1.29, 1.82) is 0 Å². The second kappa shape index (κ2) is 4.88. The molecule has 1 amide bonds. The normalized spacial score (nSPS) is 17.4. The number of thioether (sulfide) groups is 1. The first-order valence-corrected chi connectivity index (χ1v) is 5.45. The van der Waals surface area contributed by atoms with Crippen LogP contribution in [0.5, 0.6) is 0 Å². The number of amides is 1. The van der Waals surface area contributed by atoms with E-state index in [1.54, 1.807) is 0 Å². The molecule has 0 atom stereocenters. The van der Waals surface area contributed by atoms with Gasteiger partial charge in [-0.05, 0) is 12.8 Å². The lowest BCUT2D eigenvalue weighted by molar-refractivity contribution is -0.127. The predicted molar refractivity (Wildman–Crippen MR) is 49.0 cm³/mol. The zero-order valence-corrected chi connectivity index (χ0v) is 7.96. The maximum atomic E-state index is 11.3. The zero-order valence-electron chi connectivity index (χ0n) is 6.38. The first-order valence-electron chi connectivity index (χ1n) is 3.76. The Morgan fingerprint density at radius 1 is 1.45 bits per heavy atom. The summed E-state index contributed by atoms with van der Waals surface area (Å²) in [6.45, 7) is 1.89. The van der Waals surface area contributed by atoms with Gasteiger partial charge in [-0.3, -0.25) is 4.79 Å². The van der Waals surface area contributed by atoms with Crippen molar-refractivity contribution in [3.63, 3.8) is 0 Å². The van der Waals surface area contributed by atoms with Crippen LogP contribution in [0.3, 0.4) is 0 Å². The third-order valence-electron chi connectivity index (χ3n) is 1.76. The van der Waals surface area contributed by atoms with E-state index in [9.17, 15) is 4.79 Å². The molecule has 0 bridgehead atoms. The molecule has 0 saturated carbocycles. The number of likely N-dealkylation sites (tertiary alicyclic amines) is 1. The summed E-state index contributed by atoms with van der Waals surface area (Å²) in [5.74, 6) is 0.789. The molecule has 1 heterocycles. The summed E-state index contributed by atoms with van der Waals surface area (Å²) in [4.78, 5) is 13.2. The molecule has 0 N–H and O–H groups in total. The van der Waals surface area contributed by atoms with Gasteiger partial charge in [0, 0.05) is 13.1 Å². The summed E-state index contributed by atoms with van der Waals surface area (Å²) in [5.41, 5.74) is 0. The molecule has 0 aromatic carbocycles. The standard InChI is InChI=1S/C7H12ClNOS/c8-6-11-5-7(10)9-3-1-2-4-9/h1-6H2. The van der Waals surface area contributed by atoms with Crippen LogP contribution in [0.1, 0.15) is 12.8 Å². The van der Waals surface area contributed by atoms with Gasteiger partial charge in [0.1, 0.15) is 0 Å². The number of carbonyl (C=O) groups is 1. The van der Waals surface area contributed by atoms with Crippen LogP contribution in [-0.4, -0.2) is 34.9 Å². The number of rotatable bonds is 3. The highest BCUT2D eigenvalue weighted by atomic mass is 35.5. The van der Waals surface area contributed by atoms with E-state index in [1.807, 2.05) is 4.90 Å². The average Bonchev–Trinajstić information content (AvgIpc) is 2.52. The molecule has 1 aliphatic rings. The van der Waals surface area contributed by atoms with E-state index in [1.165, 1.54) is 11.8 Å². The van der Waals surface area contributed by atoms with E-state index < -0.39 is 0 Å². The summed E-state index contributed by atoms with van der Waals surface area (Å²) in [6.07, 6.45) is 2.33. The third-order valence-corrected chi connectivity index (χ3v) is 2.83. The topological polar surface area (TPSA) is 20.3 Å². The van der Waals surface area contributed by atoms with Crippen molar-refractivity contribution in [2.75, 3.05) is 24.1 Å². The molecule has 2 nitrogen and oxygen atoms in total. The van der Waals surface area contributed by atoms with Gasteiger partial charge in [-0.25, -0.2) is 0 Å². The van der Waals surface area contributed by atoms with Gasteiger partial charge in [-0.15, -0.1) is 23.4 Å². The first-order chi connectivity index (χ1) is 5.34. The number of carbonyl (C=O) groups excluding carboxylic acids is 1. The minimum absolute atomic E-state index is 0.244. The number of nitrogens with zero attached hydrogens (tertiary/aromatic N) is 1. The fourth-order valence-corrected chi connectivity index (χ4v) is 1.85. The second-order valence-corrected chi connectivity index (χ2v) is 4.12. The van der Waals surface area contributed by atoms with Crippen LogP contribution >= 0.6 is 23.4 Å². The Labute approximate surface area is 76.3 Å². The van der Waals surface area contributed by atoms with Crippen LogP contribution < -0.4 is 0 Å². The van der Waals surface area contributed by atoms with Crippen molar-refractivity contribution in [3.05, 3.63) is 0 Å². The molecule has 0 radical (unpaired) electrons.